The van der Waals surface area contributed by atoms with Crippen LogP contribution in [0.3, 0.4) is 0 Å². The molecule has 0 fully saturated rings. The molecule has 98 valence electrons. The molecule has 3 heterocycles. The number of nitrogens with two attached hydrogens (primary N) is 1. The fourth-order valence-electron chi connectivity index (χ4n) is 2.05. The number of pyridine rings is 1. The van der Waals surface area contributed by atoms with Crippen LogP contribution >= 0.6 is 11.6 Å². The molecule has 6 nitrogen and oxygen atoms in total. The van der Waals surface area contributed by atoms with Crippen molar-refractivity contribution >= 4 is 28.7 Å². The summed E-state index contributed by atoms with van der Waals surface area (Å²) in [5, 5.41) is 4.72. The molecule has 3 rings (SSSR count). The summed E-state index contributed by atoms with van der Waals surface area (Å²) >= 11 is 5.89. The minimum Gasteiger partial charge on any atom is -0.369 e. The summed E-state index contributed by atoms with van der Waals surface area (Å²) in [6.07, 6.45) is 6.22. The largest absolute Gasteiger partial charge is 0.369 e. The summed E-state index contributed by atoms with van der Waals surface area (Å²) in [5.74, 6) is 0.463. The number of anilines is 1. The topological polar surface area (TPSA) is 74.5 Å². The first kappa shape index (κ1) is 12.0. The Balaban J connectivity index is 1.78. The van der Waals surface area contributed by atoms with E-state index < -0.39 is 0 Å². The Labute approximate surface area is 114 Å². The van der Waals surface area contributed by atoms with E-state index in [0.29, 0.717) is 11.0 Å². The van der Waals surface area contributed by atoms with E-state index in [1.165, 1.54) is 0 Å². The van der Waals surface area contributed by atoms with Gasteiger partial charge < -0.3 is 5.73 Å². The average Bonchev–Trinajstić information content (AvgIpc) is 2.98. The van der Waals surface area contributed by atoms with Gasteiger partial charge in [-0.1, -0.05) is 11.6 Å². The van der Waals surface area contributed by atoms with E-state index >= 15 is 0 Å². The second-order valence-corrected chi connectivity index (χ2v) is 4.68. The fraction of sp³-hybridized carbons (Fsp3) is 0.250. The highest BCUT2D eigenvalue weighted by molar-refractivity contribution is 6.31. The van der Waals surface area contributed by atoms with E-state index in [0.717, 1.165) is 30.7 Å². The minimum absolute atomic E-state index is 0.463. The van der Waals surface area contributed by atoms with Crippen LogP contribution in [-0.2, 0) is 13.1 Å². The Hall–Kier alpha value is -2.08. The molecule has 0 saturated heterocycles. The predicted molar refractivity (Wildman–Crippen MR) is 73.8 cm³/mol. The second-order valence-electron chi connectivity index (χ2n) is 4.24. The average molecular weight is 277 g/mol. The molecule has 0 amide bonds. The molecule has 0 saturated carbocycles. The molecular formula is C12H13ClN6. The highest BCUT2D eigenvalue weighted by Gasteiger charge is 2.09. The number of aryl methyl sites for hydroxylation is 2. The molecule has 0 unspecified atom stereocenters. The van der Waals surface area contributed by atoms with E-state index in [9.17, 15) is 0 Å². The SMILES string of the molecule is Nc1nc2cc(Cl)cnc2n1CCCn1cccn1. The van der Waals surface area contributed by atoms with Gasteiger partial charge in [0.1, 0.15) is 5.52 Å². The van der Waals surface area contributed by atoms with Crippen molar-refractivity contribution in [2.75, 3.05) is 5.73 Å². The molecule has 0 aliphatic rings. The Morgan fingerprint density at radius 1 is 1.32 bits per heavy atom. The number of hydrogen-bond donors (Lipinski definition) is 1. The smallest absolute Gasteiger partial charge is 0.202 e. The van der Waals surface area contributed by atoms with E-state index in [2.05, 4.69) is 15.1 Å². The quantitative estimate of drug-likeness (QED) is 0.790. The number of aromatic nitrogens is 5. The van der Waals surface area contributed by atoms with Gasteiger partial charge in [-0.3, -0.25) is 9.25 Å². The normalized spacial score (nSPS) is 11.2. The first-order valence-electron chi connectivity index (χ1n) is 5.99. The van der Waals surface area contributed by atoms with Crippen LogP contribution < -0.4 is 5.73 Å². The van der Waals surface area contributed by atoms with Crippen molar-refractivity contribution in [1.82, 2.24) is 24.3 Å². The van der Waals surface area contributed by atoms with Gasteiger partial charge in [-0.2, -0.15) is 5.10 Å². The van der Waals surface area contributed by atoms with Crippen LogP contribution in [-0.4, -0.2) is 24.3 Å². The molecular weight excluding hydrogens is 264 g/mol. The molecule has 0 aliphatic carbocycles. The van der Waals surface area contributed by atoms with E-state index in [-0.39, 0.29) is 0 Å². The third-order valence-corrected chi connectivity index (χ3v) is 3.12. The predicted octanol–water partition coefficient (Wildman–Crippen LogP) is 1.95. The first-order valence-corrected chi connectivity index (χ1v) is 6.36. The van der Waals surface area contributed by atoms with Crippen molar-refractivity contribution in [3.63, 3.8) is 0 Å². The van der Waals surface area contributed by atoms with E-state index in [4.69, 9.17) is 17.3 Å². The van der Waals surface area contributed by atoms with Gasteiger partial charge in [-0.25, -0.2) is 9.97 Å². The molecule has 0 bridgehead atoms. The van der Waals surface area contributed by atoms with Crippen LogP contribution in [0.25, 0.3) is 11.2 Å². The van der Waals surface area contributed by atoms with Crippen LogP contribution in [0.5, 0.6) is 0 Å². The Morgan fingerprint density at radius 3 is 3.00 bits per heavy atom. The third kappa shape index (κ3) is 2.39. The highest BCUT2D eigenvalue weighted by Crippen LogP contribution is 2.19. The number of hydrogen-bond acceptors (Lipinski definition) is 4. The van der Waals surface area contributed by atoms with Crippen molar-refractivity contribution in [1.29, 1.82) is 0 Å². The molecule has 7 heteroatoms. The number of rotatable bonds is 4. The summed E-state index contributed by atoms with van der Waals surface area (Å²) in [7, 11) is 0. The van der Waals surface area contributed by atoms with Crippen LogP contribution in [0.2, 0.25) is 5.02 Å². The summed E-state index contributed by atoms with van der Waals surface area (Å²) in [5.41, 5.74) is 7.40. The van der Waals surface area contributed by atoms with E-state index in [1.54, 1.807) is 18.5 Å². The second kappa shape index (κ2) is 4.89. The maximum absolute atomic E-state index is 5.91. The van der Waals surface area contributed by atoms with Crippen LogP contribution in [0.15, 0.2) is 30.7 Å². The summed E-state index contributed by atoms with van der Waals surface area (Å²) in [6, 6.07) is 3.68. The van der Waals surface area contributed by atoms with Gasteiger partial charge in [0, 0.05) is 31.7 Å². The zero-order chi connectivity index (χ0) is 13.2. The third-order valence-electron chi connectivity index (χ3n) is 2.91. The fourth-order valence-corrected chi connectivity index (χ4v) is 2.20. The molecule has 3 aromatic rings. The van der Waals surface area contributed by atoms with Gasteiger partial charge in [0.25, 0.3) is 0 Å². The minimum atomic E-state index is 0.463. The van der Waals surface area contributed by atoms with Gasteiger partial charge in [0.15, 0.2) is 5.65 Å². The first-order chi connectivity index (χ1) is 9.24. The van der Waals surface area contributed by atoms with Crippen molar-refractivity contribution < 1.29 is 0 Å². The molecule has 0 aromatic carbocycles. The summed E-state index contributed by atoms with van der Waals surface area (Å²) in [6.45, 7) is 1.58. The lowest BCUT2D eigenvalue weighted by Gasteiger charge is -2.06. The van der Waals surface area contributed by atoms with E-state index in [1.807, 2.05) is 21.5 Å². The molecule has 0 aliphatic heterocycles. The van der Waals surface area contributed by atoms with Gasteiger partial charge in [-0.15, -0.1) is 0 Å². The zero-order valence-electron chi connectivity index (χ0n) is 10.2. The maximum atomic E-state index is 5.91. The Morgan fingerprint density at radius 2 is 2.21 bits per heavy atom. The molecule has 0 radical (unpaired) electrons. The Bertz CT molecular complexity index is 688. The van der Waals surface area contributed by atoms with Gasteiger partial charge >= 0.3 is 0 Å². The molecule has 2 N–H and O–H groups in total. The number of fused-ring (bicyclic) bond motifs is 1. The highest BCUT2D eigenvalue weighted by atomic mass is 35.5. The number of imidazole rings is 1. The van der Waals surface area contributed by atoms with Gasteiger partial charge in [-0.05, 0) is 18.6 Å². The molecule has 19 heavy (non-hydrogen) atoms. The summed E-state index contributed by atoms with van der Waals surface area (Å²) in [4.78, 5) is 8.54. The number of nitrogens with zero attached hydrogens (tertiary/aromatic N) is 5. The van der Waals surface area contributed by atoms with Crippen molar-refractivity contribution in [3.8, 4) is 0 Å². The van der Waals surface area contributed by atoms with Crippen LogP contribution in [0, 0.1) is 0 Å². The zero-order valence-corrected chi connectivity index (χ0v) is 11.0. The lowest BCUT2D eigenvalue weighted by atomic mass is 10.4. The van der Waals surface area contributed by atoms with Crippen molar-refractivity contribution in [2.24, 2.45) is 0 Å². The van der Waals surface area contributed by atoms with Gasteiger partial charge in [0.2, 0.25) is 5.95 Å². The molecule has 3 aromatic heterocycles. The lowest BCUT2D eigenvalue weighted by Crippen LogP contribution is -2.07. The van der Waals surface area contributed by atoms with Gasteiger partial charge in [0.05, 0.1) is 5.02 Å². The van der Waals surface area contributed by atoms with Crippen molar-refractivity contribution in [3.05, 3.63) is 35.7 Å². The molecule has 0 atom stereocenters. The lowest BCUT2D eigenvalue weighted by molar-refractivity contribution is 0.534. The van der Waals surface area contributed by atoms with Crippen molar-refractivity contribution in [2.45, 2.75) is 19.5 Å². The Kier molecular flexibility index (Phi) is 3.08. The standard InChI is InChI=1S/C12H13ClN6/c13-9-7-10-11(15-8-9)19(12(14)17-10)6-2-5-18-4-1-3-16-18/h1,3-4,7-8H,2,5-6H2,(H2,14,17). The summed E-state index contributed by atoms with van der Waals surface area (Å²) < 4.78 is 3.79. The van der Waals surface area contributed by atoms with Crippen LogP contribution in [0.4, 0.5) is 5.95 Å². The molecule has 0 spiro atoms. The maximum Gasteiger partial charge on any atom is 0.202 e. The monoisotopic (exact) mass is 276 g/mol. The number of halogens is 1. The van der Waals surface area contributed by atoms with Crippen LogP contribution in [0.1, 0.15) is 6.42 Å². The number of nitrogen functional groups attached to an aromatic ring is 1.